The summed E-state index contributed by atoms with van der Waals surface area (Å²) < 4.78 is 105. The Morgan fingerprint density at radius 1 is 0.833 bits per heavy atom. The van der Waals surface area contributed by atoms with Crippen LogP contribution in [0.15, 0.2) is 55.1 Å². The van der Waals surface area contributed by atoms with Crippen LogP contribution in [0, 0.1) is 46.8 Å². The zero-order valence-electron chi connectivity index (χ0n) is 22.3. The highest BCUT2D eigenvalue weighted by atomic mass is 32.1. The topological polar surface area (TPSA) is 22.1 Å². The number of ether oxygens (including phenoxy) is 1. The van der Waals surface area contributed by atoms with Gasteiger partial charge >= 0.3 is 6.11 Å². The third-order valence-electron chi connectivity index (χ3n) is 8.65. The molecule has 220 valence electrons. The number of hydrogen-bond acceptors (Lipinski definition) is 3. The number of thiazole rings is 1. The van der Waals surface area contributed by atoms with E-state index in [0.29, 0.717) is 46.8 Å². The first-order valence-electron chi connectivity index (χ1n) is 13.8. The summed E-state index contributed by atoms with van der Waals surface area (Å²) in [4.78, 5) is 3.83. The summed E-state index contributed by atoms with van der Waals surface area (Å²) in [5.74, 6) is -5.81. The van der Waals surface area contributed by atoms with Crippen LogP contribution in [0.4, 0.5) is 30.7 Å². The molecule has 10 heteroatoms. The predicted molar refractivity (Wildman–Crippen MR) is 147 cm³/mol. The standard InChI is InChI=1S/C32H26F7NOS/c1-2-16-3-4-18-10-19(6-5-17(18)9-16)21-11-23(33)29(24(34)12-21)20-7-8-27-28(13-20)42-31(40-27)32(38,39)41-22-14-25(35)30(37)26(36)15-22/h2,7-8,11-19H,1,3-6,9-10H2. The molecule has 0 N–H and O–H groups in total. The minimum Gasteiger partial charge on any atom is -0.427 e. The monoisotopic (exact) mass is 605 g/mol. The van der Waals surface area contributed by atoms with Crippen molar-refractivity contribution in [2.24, 2.45) is 17.8 Å². The van der Waals surface area contributed by atoms with Gasteiger partial charge in [-0.1, -0.05) is 12.1 Å². The average Bonchev–Trinajstić information content (AvgIpc) is 3.39. The summed E-state index contributed by atoms with van der Waals surface area (Å²) in [5.41, 5.74) is 0.622. The lowest BCUT2D eigenvalue weighted by molar-refractivity contribution is -0.185. The molecule has 2 aliphatic carbocycles. The number of aromatic nitrogens is 1. The van der Waals surface area contributed by atoms with Crippen LogP contribution >= 0.6 is 11.3 Å². The van der Waals surface area contributed by atoms with Crippen molar-refractivity contribution in [3.63, 3.8) is 0 Å². The average molecular weight is 606 g/mol. The maximum absolute atomic E-state index is 15.4. The Balaban J connectivity index is 1.23. The second-order valence-corrected chi connectivity index (χ2v) is 12.3. The summed E-state index contributed by atoms with van der Waals surface area (Å²) in [6.45, 7) is 3.93. The van der Waals surface area contributed by atoms with E-state index >= 15 is 8.78 Å². The summed E-state index contributed by atoms with van der Waals surface area (Å²) in [6.07, 6.45) is 4.03. The third-order valence-corrected chi connectivity index (χ3v) is 9.72. The van der Waals surface area contributed by atoms with E-state index in [2.05, 4.69) is 16.3 Å². The molecule has 4 aromatic rings. The number of nitrogens with zero attached hydrogens (tertiary/aromatic N) is 1. The van der Waals surface area contributed by atoms with E-state index in [1.54, 1.807) is 0 Å². The second kappa shape index (κ2) is 11.0. The van der Waals surface area contributed by atoms with E-state index in [9.17, 15) is 22.0 Å². The fourth-order valence-electron chi connectivity index (χ4n) is 6.53. The van der Waals surface area contributed by atoms with Gasteiger partial charge in [-0.2, -0.15) is 8.78 Å². The molecule has 2 saturated carbocycles. The molecule has 2 aliphatic rings. The molecular weight excluding hydrogens is 579 g/mol. The summed E-state index contributed by atoms with van der Waals surface area (Å²) in [7, 11) is 0. The molecule has 6 rings (SSSR count). The highest BCUT2D eigenvalue weighted by Gasteiger charge is 2.39. The van der Waals surface area contributed by atoms with Crippen LogP contribution in [-0.4, -0.2) is 4.98 Å². The van der Waals surface area contributed by atoms with E-state index in [4.69, 9.17) is 0 Å². The fourth-order valence-corrected chi connectivity index (χ4v) is 7.45. The van der Waals surface area contributed by atoms with Gasteiger partial charge in [-0.3, -0.25) is 0 Å². The Labute approximate surface area is 241 Å². The maximum Gasteiger partial charge on any atom is 0.454 e. The molecule has 2 fully saturated rings. The van der Waals surface area contributed by atoms with Crippen molar-refractivity contribution in [3.8, 4) is 16.9 Å². The summed E-state index contributed by atoms with van der Waals surface area (Å²) in [5, 5.41) is -0.853. The van der Waals surface area contributed by atoms with E-state index in [0.717, 1.165) is 38.5 Å². The Morgan fingerprint density at radius 2 is 1.50 bits per heavy atom. The van der Waals surface area contributed by atoms with Crippen molar-refractivity contribution in [1.29, 1.82) is 0 Å². The van der Waals surface area contributed by atoms with Crippen LogP contribution in [0.1, 0.15) is 55.0 Å². The number of fused-ring (bicyclic) bond motifs is 2. The zero-order chi connectivity index (χ0) is 29.8. The van der Waals surface area contributed by atoms with E-state index in [-0.39, 0.29) is 27.3 Å². The molecule has 0 spiro atoms. The Hall–Kier alpha value is -3.40. The van der Waals surface area contributed by atoms with Gasteiger partial charge in [0.15, 0.2) is 17.5 Å². The van der Waals surface area contributed by atoms with Gasteiger partial charge in [0.1, 0.15) is 17.4 Å². The lowest BCUT2D eigenvalue weighted by Gasteiger charge is -2.41. The van der Waals surface area contributed by atoms with Gasteiger partial charge in [0.2, 0.25) is 5.01 Å². The molecule has 0 radical (unpaired) electrons. The van der Waals surface area contributed by atoms with Crippen LogP contribution in [0.25, 0.3) is 21.3 Å². The van der Waals surface area contributed by atoms with E-state index in [1.807, 2.05) is 6.08 Å². The predicted octanol–water partition coefficient (Wildman–Crippen LogP) is 10.3. The number of hydrogen-bond donors (Lipinski definition) is 0. The highest BCUT2D eigenvalue weighted by molar-refractivity contribution is 7.18. The molecule has 1 heterocycles. The van der Waals surface area contributed by atoms with Crippen LogP contribution in [0.3, 0.4) is 0 Å². The molecule has 1 aromatic heterocycles. The van der Waals surface area contributed by atoms with Gasteiger partial charge < -0.3 is 4.74 Å². The highest BCUT2D eigenvalue weighted by Crippen LogP contribution is 2.48. The van der Waals surface area contributed by atoms with Gasteiger partial charge in [-0.05, 0) is 97.6 Å². The van der Waals surface area contributed by atoms with E-state index < -0.39 is 46.0 Å². The van der Waals surface area contributed by atoms with Crippen LogP contribution in [0.5, 0.6) is 5.75 Å². The molecule has 42 heavy (non-hydrogen) atoms. The molecule has 0 amide bonds. The Bertz CT molecular complexity index is 1620. The lowest BCUT2D eigenvalue weighted by Crippen LogP contribution is -2.30. The van der Waals surface area contributed by atoms with Crippen LogP contribution in [0.2, 0.25) is 0 Å². The molecule has 3 aromatic carbocycles. The molecule has 4 unspecified atom stereocenters. The van der Waals surface area contributed by atoms with Gasteiger partial charge in [0.05, 0.1) is 15.8 Å². The third kappa shape index (κ3) is 5.41. The summed E-state index contributed by atoms with van der Waals surface area (Å²) >= 11 is 0.495. The van der Waals surface area contributed by atoms with Gasteiger partial charge in [0.25, 0.3) is 0 Å². The molecule has 0 bridgehead atoms. The molecule has 0 aliphatic heterocycles. The minimum absolute atomic E-state index is 0.0707. The molecule has 2 nitrogen and oxygen atoms in total. The molecule has 0 saturated heterocycles. The number of allylic oxidation sites excluding steroid dienone is 1. The summed E-state index contributed by atoms with van der Waals surface area (Å²) in [6, 6.07) is 7.45. The van der Waals surface area contributed by atoms with Crippen molar-refractivity contribution in [1.82, 2.24) is 4.98 Å². The normalized spacial score (nSPS) is 22.6. The first kappa shape index (κ1) is 28.7. The minimum atomic E-state index is -4.12. The number of rotatable bonds is 6. The van der Waals surface area contributed by atoms with Crippen molar-refractivity contribution < 1.29 is 35.5 Å². The lowest BCUT2D eigenvalue weighted by atomic mass is 9.64. The first-order valence-corrected chi connectivity index (χ1v) is 14.6. The Morgan fingerprint density at radius 3 is 2.19 bits per heavy atom. The van der Waals surface area contributed by atoms with Crippen molar-refractivity contribution >= 4 is 21.6 Å². The Kier molecular flexibility index (Phi) is 7.53. The van der Waals surface area contributed by atoms with Gasteiger partial charge in [-0.15, -0.1) is 17.9 Å². The van der Waals surface area contributed by atoms with Crippen molar-refractivity contribution in [3.05, 3.63) is 94.8 Å². The number of halogens is 7. The van der Waals surface area contributed by atoms with Gasteiger partial charge in [0, 0.05) is 12.1 Å². The fraction of sp³-hybridized carbons (Fsp3) is 0.344. The number of alkyl halides is 2. The largest absolute Gasteiger partial charge is 0.454 e. The SMILES string of the molecule is C=CC1CCC2CC(c3cc(F)c(-c4ccc5nc(C(F)(F)Oc6cc(F)c(F)c(F)c6)sc5c4)c(F)c3)CCC2C1. The number of benzene rings is 3. The van der Waals surface area contributed by atoms with Gasteiger partial charge in [-0.25, -0.2) is 26.9 Å². The first-order chi connectivity index (χ1) is 20.0. The second-order valence-electron chi connectivity index (χ2n) is 11.2. The quantitative estimate of drug-likeness (QED) is 0.124. The molecule has 4 atom stereocenters. The van der Waals surface area contributed by atoms with Crippen molar-refractivity contribution in [2.45, 2.75) is 50.6 Å². The van der Waals surface area contributed by atoms with Crippen molar-refractivity contribution in [2.75, 3.05) is 0 Å². The molecular formula is C32H26F7NOS. The zero-order valence-corrected chi connectivity index (χ0v) is 23.1. The maximum atomic E-state index is 15.4. The van der Waals surface area contributed by atoms with Crippen LogP contribution < -0.4 is 4.74 Å². The van der Waals surface area contributed by atoms with Crippen LogP contribution in [-0.2, 0) is 6.11 Å². The van der Waals surface area contributed by atoms with E-state index in [1.165, 1.54) is 30.3 Å². The smallest absolute Gasteiger partial charge is 0.427 e.